The van der Waals surface area contributed by atoms with Gasteiger partial charge in [0.25, 0.3) is 0 Å². The Morgan fingerprint density at radius 3 is 2.33 bits per heavy atom. The largest absolute Gasteiger partial charge is 0.203 e. The highest BCUT2D eigenvalue weighted by Gasteiger charge is 2.24. The molecule has 18 heavy (non-hydrogen) atoms. The lowest BCUT2D eigenvalue weighted by Gasteiger charge is -2.27. The quantitative estimate of drug-likeness (QED) is 0.639. The third-order valence-electron chi connectivity index (χ3n) is 3.98. The normalized spacial score (nSPS) is 24.7. The number of hydrogen-bond acceptors (Lipinski definition) is 0. The maximum Gasteiger partial charge on any atom is 0.162 e. The SMILES string of the molecule is C/C=C/C1CCC(c2ccc(C)c(F)c2F)CC1. The lowest BCUT2D eigenvalue weighted by Crippen LogP contribution is -2.13. The highest BCUT2D eigenvalue weighted by molar-refractivity contribution is 5.28. The minimum atomic E-state index is -0.678. The molecule has 0 radical (unpaired) electrons. The molecule has 1 aliphatic carbocycles. The van der Waals surface area contributed by atoms with Crippen LogP contribution in [0.15, 0.2) is 24.3 Å². The van der Waals surface area contributed by atoms with E-state index in [1.165, 1.54) is 0 Å². The minimum absolute atomic E-state index is 0.182. The summed E-state index contributed by atoms with van der Waals surface area (Å²) in [6, 6.07) is 3.44. The smallest absolute Gasteiger partial charge is 0.162 e. The highest BCUT2D eigenvalue weighted by Crippen LogP contribution is 2.37. The Bertz CT molecular complexity index is 441. The Hall–Kier alpha value is -1.18. The van der Waals surface area contributed by atoms with Crippen molar-refractivity contribution < 1.29 is 8.78 Å². The summed E-state index contributed by atoms with van der Waals surface area (Å²) < 4.78 is 27.5. The summed E-state index contributed by atoms with van der Waals surface area (Å²) in [5.41, 5.74) is 0.955. The second-order valence-corrected chi connectivity index (χ2v) is 5.24. The summed E-state index contributed by atoms with van der Waals surface area (Å²) in [6.45, 7) is 3.63. The summed E-state index contributed by atoms with van der Waals surface area (Å²) >= 11 is 0. The lowest BCUT2D eigenvalue weighted by atomic mass is 9.78. The van der Waals surface area contributed by atoms with Crippen molar-refractivity contribution in [3.63, 3.8) is 0 Å². The van der Waals surface area contributed by atoms with Crippen LogP contribution in [0.3, 0.4) is 0 Å². The van der Waals surface area contributed by atoms with Gasteiger partial charge in [0.2, 0.25) is 0 Å². The number of hydrogen-bond donors (Lipinski definition) is 0. The van der Waals surface area contributed by atoms with Crippen molar-refractivity contribution in [2.45, 2.75) is 45.4 Å². The molecule has 0 amide bonds. The zero-order chi connectivity index (χ0) is 13.1. The van der Waals surface area contributed by atoms with E-state index in [2.05, 4.69) is 12.2 Å². The molecule has 0 aliphatic heterocycles. The molecule has 0 bridgehead atoms. The maximum atomic E-state index is 13.9. The molecule has 0 spiro atoms. The van der Waals surface area contributed by atoms with Gasteiger partial charge in [-0.2, -0.15) is 0 Å². The van der Waals surface area contributed by atoms with Gasteiger partial charge in [-0.3, -0.25) is 0 Å². The molecule has 98 valence electrons. The van der Waals surface area contributed by atoms with Crippen LogP contribution in [-0.2, 0) is 0 Å². The predicted octanol–water partition coefficient (Wildman–Crippen LogP) is 5.12. The molecule has 2 rings (SSSR count). The number of benzene rings is 1. The molecule has 1 aliphatic rings. The van der Waals surface area contributed by atoms with Crippen LogP contribution in [0.25, 0.3) is 0 Å². The Labute approximate surface area is 108 Å². The van der Waals surface area contributed by atoms with Crippen molar-refractivity contribution >= 4 is 0 Å². The first kappa shape index (κ1) is 13.3. The molecule has 0 aromatic heterocycles. The van der Waals surface area contributed by atoms with Crippen LogP contribution in [0.4, 0.5) is 8.78 Å². The third kappa shape index (κ3) is 2.63. The van der Waals surface area contributed by atoms with Crippen LogP contribution in [-0.4, -0.2) is 0 Å². The van der Waals surface area contributed by atoms with Crippen molar-refractivity contribution in [1.82, 2.24) is 0 Å². The van der Waals surface area contributed by atoms with Crippen LogP contribution in [0.5, 0.6) is 0 Å². The Morgan fingerprint density at radius 1 is 1.06 bits per heavy atom. The molecular weight excluding hydrogens is 230 g/mol. The molecule has 0 saturated heterocycles. The fraction of sp³-hybridized carbons (Fsp3) is 0.500. The zero-order valence-electron chi connectivity index (χ0n) is 11.0. The first-order valence-corrected chi connectivity index (χ1v) is 6.70. The van der Waals surface area contributed by atoms with Crippen molar-refractivity contribution in [3.8, 4) is 0 Å². The summed E-state index contributed by atoms with van der Waals surface area (Å²) in [6.07, 6.45) is 8.36. The first-order valence-electron chi connectivity index (χ1n) is 6.70. The summed E-state index contributed by atoms with van der Waals surface area (Å²) in [7, 11) is 0. The average molecular weight is 250 g/mol. The summed E-state index contributed by atoms with van der Waals surface area (Å²) in [5.74, 6) is -0.515. The van der Waals surface area contributed by atoms with Crippen LogP contribution in [0.2, 0.25) is 0 Å². The minimum Gasteiger partial charge on any atom is -0.203 e. The fourth-order valence-corrected chi connectivity index (χ4v) is 2.87. The zero-order valence-corrected chi connectivity index (χ0v) is 11.0. The van der Waals surface area contributed by atoms with Crippen molar-refractivity contribution in [2.75, 3.05) is 0 Å². The third-order valence-corrected chi connectivity index (χ3v) is 3.98. The fourth-order valence-electron chi connectivity index (χ4n) is 2.87. The van der Waals surface area contributed by atoms with Gasteiger partial charge in [-0.15, -0.1) is 0 Å². The van der Waals surface area contributed by atoms with Crippen molar-refractivity contribution in [3.05, 3.63) is 47.0 Å². The molecule has 1 aromatic carbocycles. The number of allylic oxidation sites excluding steroid dienone is 2. The van der Waals surface area contributed by atoms with Gasteiger partial charge in [0.15, 0.2) is 11.6 Å². The van der Waals surface area contributed by atoms with E-state index in [1.54, 1.807) is 19.1 Å². The van der Waals surface area contributed by atoms with Gasteiger partial charge in [-0.1, -0.05) is 24.3 Å². The Kier molecular flexibility index (Phi) is 4.15. The van der Waals surface area contributed by atoms with Gasteiger partial charge in [0.1, 0.15) is 0 Å². The number of rotatable bonds is 2. The van der Waals surface area contributed by atoms with E-state index in [0.717, 1.165) is 25.7 Å². The van der Waals surface area contributed by atoms with E-state index in [0.29, 0.717) is 17.0 Å². The lowest BCUT2D eigenvalue weighted by molar-refractivity contribution is 0.363. The topological polar surface area (TPSA) is 0 Å². The van der Waals surface area contributed by atoms with Crippen molar-refractivity contribution in [1.29, 1.82) is 0 Å². The summed E-state index contributed by atoms with van der Waals surface area (Å²) in [4.78, 5) is 0. The second kappa shape index (κ2) is 5.64. The van der Waals surface area contributed by atoms with Crippen LogP contribution in [0.1, 0.15) is 49.7 Å². The van der Waals surface area contributed by atoms with E-state index in [-0.39, 0.29) is 5.92 Å². The van der Waals surface area contributed by atoms with E-state index >= 15 is 0 Å². The van der Waals surface area contributed by atoms with Crippen LogP contribution >= 0.6 is 0 Å². The molecule has 0 heterocycles. The van der Waals surface area contributed by atoms with E-state index < -0.39 is 11.6 Å². The van der Waals surface area contributed by atoms with Gasteiger partial charge in [0.05, 0.1) is 0 Å². The molecule has 1 aromatic rings. The predicted molar refractivity (Wildman–Crippen MR) is 70.6 cm³/mol. The molecule has 2 heteroatoms. The Morgan fingerprint density at radius 2 is 1.72 bits per heavy atom. The second-order valence-electron chi connectivity index (χ2n) is 5.24. The van der Waals surface area contributed by atoms with E-state index in [1.807, 2.05) is 6.92 Å². The molecule has 0 atom stereocenters. The van der Waals surface area contributed by atoms with Gasteiger partial charge < -0.3 is 0 Å². The highest BCUT2D eigenvalue weighted by atomic mass is 19.2. The molecular formula is C16H20F2. The van der Waals surface area contributed by atoms with Gasteiger partial charge in [0, 0.05) is 0 Å². The van der Waals surface area contributed by atoms with Gasteiger partial charge >= 0.3 is 0 Å². The van der Waals surface area contributed by atoms with Crippen molar-refractivity contribution in [2.24, 2.45) is 5.92 Å². The number of aryl methyl sites for hydroxylation is 1. The molecule has 0 nitrogen and oxygen atoms in total. The van der Waals surface area contributed by atoms with Gasteiger partial charge in [-0.25, -0.2) is 8.78 Å². The van der Waals surface area contributed by atoms with Crippen LogP contribution in [0, 0.1) is 24.5 Å². The van der Waals surface area contributed by atoms with E-state index in [4.69, 9.17) is 0 Å². The molecule has 0 unspecified atom stereocenters. The molecule has 1 fully saturated rings. The average Bonchev–Trinajstić information content (AvgIpc) is 2.38. The monoisotopic (exact) mass is 250 g/mol. The summed E-state index contributed by atoms with van der Waals surface area (Å²) in [5, 5.41) is 0. The standard InChI is InChI=1S/C16H20F2/c1-3-4-12-6-8-13(9-7-12)14-10-5-11(2)15(17)16(14)18/h3-5,10,12-13H,6-9H2,1-2H3/b4-3+. The first-order chi connectivity index (χ1) is 8.63. The Balaban J connectivity index is 2.13. The molecule has 1 saturated carbocycles. The van der Waals surface area contributed by atoms with E-state index in [9.17, 15) is 8.78 Å². The number of halogens is 2. The maximum absolute atomic E-state index is 13.9. The molecule has 0 N–H and O–H groups in total. The van der Waals surface area contributed by atoms with Gasteiger partial charge in [-0.05, 0) is 62.5 Å². The van der Waals surface area contributed by atoms with Crippen LogP contribution < -0.4 is 0 Å².